The van der Waals surface area contributed by atoms with Crippen LogP contribution in [0.25, 0.3) is 11.3 Å². The summed E-state index contributed by atoms with van der Waals surface area (Å²) in [5.74, 6) is 0.797. The highest BCUT2D eigenvalue weighted by molar-refractivity contribution is 5.94. The Labute approximate surface area is 153 Å². The van der Waals surface area contributed by atoms with Gasteiger partial charge < -0.3 is 14.1 Å². The molecule has 2 saturated heterocycles. The highest BCUT2D eigenvalue weighted by Crippen LogP contribution is 2.24. The van der Waals surface area contributed by atoms with Gasteiger partial charge in [-0.1, -0.05) is 25.5 Å². The van der Waals surface area contributed by atoms with E-state index >= 15 is 0 Å². The van der Waals surface area contributed by atoms with Crippen LogP contribution in [-0.4, -0.2) is 65.6 Å². The van der Waals surface area contributed by atoms with Crippen molar-refractivity contribution in [3.05, 3.63) is 42.4 Å². The summed E-state index contributed by atoms with van der Waals surface area (Å²) < 4.78 is 11.1. The van der Waals surface area contributed by atoms with E-state index in [0.29, 0.717) is 30.0 Å². The normalized spacial score (nSPS) is 23.7. The first-order valence-corrected chi connectivity index (χ1v) is 9.38. The average molecular weight is 355 g/mol. The summed E-state index contributed by atoms with van der Waals surface area (Å²) in [4.78, 5) is 21.3. The predicted molar refractivity (Wildman–Crippen MR) is 97.9 cm³/mol. The van der Waals surface area contributed by atoms with Gasteiger partial charge in [0.25, 0.3) is 5.91 Å². The minimum Gasteiger partial charge on any atom is -0.444 e. The Morgan fingerprint density at radius 3 is 2.81 bits per heavy atom. The summed E-state index contributed by atoms with van der Waals surface area (Å²) in [6, 6.07) is 8.35. The summed E-state index contributed by atoms with van der Waals surface area (Å²) in [7, 11) is 0. The smallest absolute Gasteiger partial charge is 0.253 e. The molecule has 1 aromatic carbocycles. The summed E-state index contributed by atoms with van der Waals surface area (Å²) in [6.45, 7) is 6.20. The Balaban J connectivity index is 1.43. The Hall–Kier alpha value is -2.18. The van der Waals surface area contributed by atoms with Crippen LogP contribution in [0, 0.1) is 0 Å². The monoisotopic (exact) mass is 355 g/mol. The zero-order chi connectivity index (χ0) is 17.9. The zero-order valence-electron chi connectivity index (χ0n) is 15.1. The van der Waals surface area contributed by atoms with Crippen LogP contribution < -0.4 is 0 Å². The second-order valence-electron chi connectivity index (χ2n) is 7.07. The molecule has 0 aliphatic carbocycles. The van der Waals surface area contributed by atoms with Gasteiger partial charge in [0.05, 0.1) is 25.5 Å². The molecule has 0 bridgehead atoms. The van der Waals surface area contributed by atoms with Crippen LogP contribution in [0.2, 0.25) is 0 Å². The predicted octanol–water partition coefficient (Wildman–Crippen LogP) is 2.67. The van der Waals surface area contributed by atoms with Gasteiger partial charge >= 0.3 is 0 Å². The molecule has 0 N–H and O–H groups in total. The first-order valence-electron chi connectivity index (χ1n) is 9.38. The number of hydrogen-bond donors (Lipinski definition) is 0. The molecule has 6 heteroatoms. The first-order chi connectivity index (χ1) is 12.8. The molecule has 2 aromatic rings. The number of morpholine rings is 1. The van der Waals surface area contributed by atoms with E-state index in [1.165, 1.54) is 6.39 Å². The summed E-state index contributed by atoms with van der Waals surface area (Å²) in [5, 5.41) is 0. The fourth-order valence-corrected chi connectivity index (χ4v) is 4.02. The second kappa shape index (κ2) is 7.60. The number of carbonyl (C=O) groups excluding carboxylic acids is 1. The molecule has 1 amide bonds. The van der Waals surface area contributed by atoms with Gasteiger partial charge in [-0.25, -0.2) is 4.98 Å². The number of aromatic nitrogens is 1. The number of rotatable bonds is 4. The largest absolute Gasteiger partial charge is 0.444 e. The number of amides is 1. The summed E-state index contributed by atoms with van der Waals surface area (Å²) >= 11 is 0. The highest BCUT2D eigenvalue weighted by Gasteiger charge is 2.36. The van der Waals surface area contributed by atoms with Crippen molar-refractivity contribution >= 4 is 5.91 Å². The topological polar surface area (TPSA) is 58.8 Å². The fourth-order valence-electron chi connectivity index (χ4n) is 4.02. The number of oxazole rings is 1. The molecule has 4 rings (SSSR count). The molecule has 3 heterocycles. The van der Waals surface area contributed by atoms with E-state index in [4.69, 9.17) is 9.15 Å². The van der Waals surface area contributed by atoms with Gasteiger partial charge in [0.2, 0.25) is 0 Å². The number of ether oxygens (including phenoxy) is 1. The van der Waals surface area contributed by atoms with Crippen molar-refractivity contribution in [1.29, 1.82) is 0 Å². The maximum Gasteiger partial charge on any atom is 0.253 e. The van der Waals surface area contributed by atoms with E-state index in [9.17, 15) is 4.79 Å². The molecule has 138 valence electrons. The van der Waals surface area contributed by atoms with Crippen LogP contribution in [0.15, 0.2) is 41.3 Å². The van der Waals surface area contributed by atoms with Gasteiger partial charge in [-0.15, -0.1) is 0 Å². The van der Waals surface area contributed by atoms with Gasteiger partial charge in [-0.3, -0.25) is 9.69 Å². The molecular formula is C20H25N3O3. The lowest BCUT2D eigenvalue weighted by Crippen LogP contribution is -2.62. The van der Waals surface area contributed by atoms with Crippen molar-refractivity contribution in [2.75, 3.05) is 32.8 Å². The Morgan fingerprint density at radius 1 is 1.23 bits per heavy atom. The lowest BCUT2D eigenvalue weighted by atomic mass is 10.0. The molecule has 2 atom stereocenters. The quantitative estimate of drug-likeness (QED) is 0.844. The SMILES string of the molecule is CCC[C@H]1COC[C@H]2CN(C(=O)c3ccc(-c4cnco4)cc3)CCN12. The number of hydrogen-bond acceptors (Lipinski definition) is 5. The lowest BCUT2D eigenvalue weighted by Gasteiger charge is -2.48. The van der Waals surface area contributed by atoms with Crippen molar-refractivity contribution in [2.45, 2.75) is 31.8 Å². The number of piperazine rings is 1. The van der Waals surface area contributed by atoms with Gasteiger partial charge in [0, 0.05) is 36.8 Å². The van der Waals surface area contributed by atoms with E-state index in [2.05, 4.69) is 16.8 Å². The van der Waals surface area contributed by atoms with E-state index < -0.39 is 0 Å². The third-order valence-electron chi connectivity index (χ3n) is 5.38. The summed E-state index contributed by atoms with van der Waals surface area (Å²) in [5.41, 5.74) is 1.63. The van der Waals surface area contributed by atoms with Crippen molar-refractivity contribution in [3.63, 3.8) is 0 Å². The van der Waals surface area contributed by atoms with Crippen LogP contribution >= 0.6 is 0 Å². The van der Waals surface area contributed by atoms with Crippen LogP contribution in [-0.2, 0) is 4.74 Å². The highest BCUT2D eigenvalue weighted by atomic mass is 16.5. The molecule has 0 saturated carbocycles. The third kappa shape index (κ3) is 3.39. The average Bonchev–Trinajstić information content (AvgIpc) is 3.22. The Kier molecular flexibility index (Phi) is 5.04. The van der Waals surface area contributed by atoms with Crippen LogP contribution in [0.4, 0.5) is 0 Å². The second-order valence-corrected chi connectivity index (χ2v) is 7.07. The van der Waals surface area contributed by atoms with Crippen LogP contribution in [0.3, 0.4) is 0 Å². The molecule has 26 heavy (non-hydrogen) atoms. The standard InChI is InChI=1S/C20H25N3O3/c1-2-3-17-12-25-13-18-11-22(8-9-23(17)18)20(24)16-6-4-15(5-7-16)19-10-21-14-26-19/h4-7,10,14,17-18H,2-3,8-9,11-13H2,1H3/t17-,18+/m0/s1. The number of nitrogens with zero attached hydrogens (tertiary/aromatic N) is 3. The minimum atomic E-state index is 0.0892. The number of fused-ring (bicyclic) bond motifs is 1. The molecule has 0 radical (unpaired) electrons. The van der Waals surface area contributed by atoms with Crippen LogP contribution in [0.5, 0.6) is 0 Å². The van der Waals surface area contributed by atoms with Crippen LogP contribution in [0.1, 0.15) is 30.1 Å². The third-order valence-corrected chi connectivity index (χ3v) is 5.38. The maximum atomic E-state index is 12.9. The van der Waals surface area contributed by atoms with Crippen molar-refractivity contribution in [2.24, 2.45) is 0 Å². The fraction of sp³-hybridized carbons (Fsp3) is 0.500. The van der Waals surface area contributed by atoms with Crippen molar-refractivity contribution in [1.82, 2.24) is 14.8 Å². The first kappa shape index (κ1) is 17.2. The molecule has 6 nitrogen and oxygen atoms in total. The van der Waals surface area contributed by atoms with E-state index in [1.54, 1.807) is 6.20 Å². The zero-order valence-corrected chi connectivity index (χ0v) is 15.1. The molecule has 2 aliphatic rings. The van der Waals surface area contributed by atoms with Crippen molar-refractivity contribution < 1.29 is 13.9 Å². The number of benzene rings is 1. The molecule has 1 aromatic heterocycles. The maximum absolute atomic E-state index is 12.9. The van der Waals surface area contributed by atoms with E-state index in [1.807, 2.05) is 29.2 Å². The molecular weight excluding hydrogens is 330 g/mol. The molecule has 2 aliphatic heterocycles. The van der Waals surface area contributed by atoms with Gasteiger partial charge in [-0.2, -0.15) is 0 Å². The van der Waals surface area contributed by atoms with E-state index in [0.717, 1.165) is 44.6 Å². The Morgan fingerprint density at radius 2 is 2.08 bits per heavy atom. The number of carbonyl (C=O) groups is 1. The van der Waals surface area contributed by atoms with Gasteiger partial charge in [0.1, 0.15) is 0 Å². The molecule has 0 spiro atoms. The van der Waals surface area contributed by atoms with E-state index in [-0.39, 0.29) is 5.91 Å². The minimum absolute atomic E-state index is 0.0892. The molecule has 0 unspecified atom stereocenters. The van der Waals surface area contributed by atoms with Gasteiger partial charge in [0.15, 0.2) is 12.2 Å². The summed E-state index contributed by atoms with van der Waals surface area (Å²) in [6.07, 6.45) is 5.41. The van der Waals surface area contributed by atoms with Crippen molar-refractivity contribution in [3.8, 4) is 11.3 Å². The Bertz CT molecular complexity index is 727. The van der Waals surface area contributed by atoms with Gasteiger partial charge in [-0.05, 0) is 18.6 Å². The lowest BCUT2D eigenvalue weighted by molar-refractivity contribution is -0.0776. The molecule has 2 fully saturated rings.